The van der Waals surface area contributed by atoms with Gasteiger partial charge in [0.1, 0.15) is 19.0 Å². The molecule has 5 heterocycles. The standard InChI is InChI=1S/C33H37F3N8O3/c1-41-14-5-8-25(41)22-46-31-39-28-20-42(29-10-13-38-18-27(29)33(34,35)36)15-11-26(28)30(40-31)43-16-17-44(24(19-43)9-12-37)32(45)47-21-23-6-3-2-4-7-23/h2-4,6-7,10,13,18,24-25H,5,8-9,11,14-17,19-22H2,1H3. The second-order valence-corrected chi connectivity index (χ2v) is 12.1. The summed E-state index contributed by atoms with van der Waals surface area (Å²) in [6.07, 6.45) is -0.281. The third-order valence-corrected chi connectivity index (χ3v) is 9.09. The molecule has 14 heteroatoms. The van der Waals surface area contributed by atoms with Crippen LogP contribution in [0.25, 0.3) is 0 Å². The molecule has 3 aliphatic rings. The van der Waals surface area contributed by atoms with Crippen molar-refractivity contribution in [2.24, 2.45) is 0 Å². The van der Waals surface area contributed by atoms with Crippen LogP contribution in [0.2, 0.25) is 0 Å². The lowest BCUT2D eigenvalue weighted by Crippen LogP contribution is -2.55. The lowest BCUT2D eigenvalue weighted by Gasteiger charge is -2.42. The molecule has 248 valence electrons. The first kappa shape index (κ1) is 32.3. The van der Waals surface area contributed by atoms with E-state index < -0.39 is 23.9 Å². The van der Waals surface area contributed by atoms with Gasteiger partial charge in [0.15, 0.2) is 0 Å². The highest BCUT2D eigenvalue weighted by Gasteiger charge is 2.38. The molecule has 2 saturated heterocycles. The molecule has 3 aromatic rings. The van der Waals surface area contributed by atoms with E-state index in [9.17, 15) is 23.2 Å². The normalized spacial score (nSPS) is 20.1. The number of halogens is 3. The Morgan fingerprint density at radius 1 is 1.06 bits per heavy atom. The summed E-state index contributed by atoms with van der Waals surface area (Å²) in [5.41, 5.74) is 1.52. The first-order valence-corrected chi connectivity index (χ1v) is 15.8. The minimum absolute atomic E-state index is 0.0464. The van der Waals surface area contributed by atoms with Gasteiger partial charge in [0.25, 0.3) is 0 Å². The predicted molar refractivity (Wildman–Crippen MR) is 167 cm³/mol. The van der Waals surface area contributed by atoms with Gasteiger partial charge in [0, 0.05) is 50.2 Å². The number of carbonyl (C=O) groups is 1. The van der Waals surface area contributed by atoms with Crippen molar-refractivity contribution in [3.8, 4) is 12.1 Å². The number of piperazine rings is 1. The number of alkyl halides is 3. The maximum Gasteiger partial charge on any atom is 0.419 e. The average molecular weight is 651 g/mol. The van der Waals surface area contributed by atoms with Crippen LogP contribution in [0.4, 0.5) is 29.5 Å². The third-order valence-electron chi connectivity index (χ3n) is 9.09. The molecule has 47 heavy (non-hydrogen) atoms. The number of rotatable bonds is 8. The number of nitriles is 1. The quantitative estimate of drug-likeness (QED) is 0.341. The average Bonchev–Trinajstić information content (AvgIpc) is 3.50. The molecule has 1 aromatic carbocycles. The topological polar surface area (TPSA) is 111 Å². The molecule has 6 rings (SSSR count). The van der Waals surface area contributed by atoms with Gasteiger partial charge in [0.2, 0.25) is 0 Å². The second-order valence-electron chi connectivity index (χ2n) is 12.1. The first-order valence-electron chi connectivity index (χ1n) is 15.8. The van der Waals surface area contributed by atoms with E-state index in [0.717, 1.165) is 36.7 Å². The van der Waals surface area contributed by atoms with E-state index in [-0.39, 0.29) is 37.3 Å². The highest BCUT2D eigenvalue weighted by atomic mass is 19.4. The Morgan fingerprint density at radius 3 is 2.64 bits per heavy atom. The van der Waals surface area contributed by atoms with E-state index in [1.165, 1.54) is 12.3 Å². The molecule has 1 amide bonds. The summed E-state index contributed by atoms with van der Waals surface area (Å²) >= 11 is 0. The van der Waals surface area contributed by atoms with Gasteiger partial charge in [-0.15, -0.1) is 0 Å². The number of pyridine rings is 1. The van der Waals surface area contributed by atoms with Crippen LogP contribution in [0.5, 0.6) is 6.01 Å². The Morgan fingerprint density at radius 2 is 1.89 bits per heavy atom. The van der Waals surface area contributed by atoms with Gasteiger partial charge in [-0.05, 0) is 44.5 Å². The molecule has 0 bridgehead atoms. The summed E-state index contributed by atoms with van der Waals surface area (Å²) in [5, 5.41) is 9.64. The number of benzene rings is 1. The Labute approximate surface area is 271 Å². The molecular formula is C33H37F3N8O3. The maximum absolute atomic E-state index is 13.9. The number of amides is 1. The number of hydrogen-bond donors (Lipinski definition) is 0. The summed E-state index contributed by atoms with van der Waals surface area (Å²) in [6, 6.07) is 12.9. The van der Waals surface area contributed by atoms with Crippen molar-refractivity contribution >= 4 is 17.6 Å². The summed E-state index contributed by atoms with van der Waals surface area (Å²) in [7, 11) is 2.05. The fraction of sp³-hybridized carbons (Fsp3) is 0.485. The highest BCUT2D eigenvalue weighted by Crippen LogP contribution is 2.39. The van der Waals surface area contributed by atoms with Gasteiger partial charge in [0.05, 0.1) is 42.0 Å². The van der Waals surface area contributed by atoms with Crippen LogP contribution >= 0.6 is 0 Å². The van der Waals surface area contributed by atoms with Crippen LogP contribution in [0.3, 0.4) is 0 Å². The first-order chi connectivity index (χ1) is 22.7. The number of likely N-dealkylation sites (tertiary alicyclic amines) is 1. The van der Waals surface area contributed by atoms with Gasteiger partial charge in [-0.2, -0.15) is 28.4 Å². The van der Waals surface area contributed by atoms with Crippen molar-refractivity contribution in [1.29, 1.82) is 5.26 Å². The van der Waals surface area contributed by atoms with Crippen LogP contribution in [-0.4, -0.2) is 89.3 Å². The van der Waals surface area contributed by atoms with E-state index >= 15 is 0 Å². The number of ether oxygens (including phenoxy) is 2. The Balaban J connectivity index is 1.26. The Hall–Kier alpha value is -4.64. The minimum atomic E-state index is -4.56. The van der Waals surface area contributed by atoms with Gasteiger partial charge in [-0.25, -0.2) is 4.79 Å². The zero-order chi connectivity index (χ0) is 33.0. The third kappa shape index (κ3) is 7.35. The molecule has 0 radical (unpaired) electrons. The summed E-state index contributed by atoms with van der Waals surface area (Å²) < 4.78 is 53.4. The monoisotopic (exact) mass is 650 g/mol. The number of fused-ring (bicyclic) bond motifs is 1. The van der Waals surface area contributed by atoms with Crippen molar-refractivity contribution in [1.82, 2.24) is 24.8 Å². The van der Waals surface area contributed by atoms with E-state index in [1.807, 2.05) is 42.3 Å². The fourth-order valence-corrected chi connectivity index (χ4v) is 6.53. The second kappa shape index (κ2) is 14.0. The van der Waals surface area contributed by atoms with Crippen molar-refractivity contribution in [3.63, 3.8) is 0 Å². The van der Waals surface area contributed by atoms with Crippen LogP contribution in [-0.2, 0) is 30.5 Å². The SMILES string of the molecule is CN1CCCC1COc1nc2c(c(N3CCN(C(=O)OCc4ccccc4)C(CC#N)C3)n1)CCN(c1ccncc1C(F)(F)F)C2. The number of anilines is 2. The molecule has 2 fully saturated rings. The van der Waals surface area contributed by atoms with E-state index in [2.05, 4.69) is 16.0 Å². The van der Waals surface area contributed by atoms with Crippen molar-refractivity contribution < 1.29 is 27.4 Å². The van der Waals surface area contributed by atoms with Crippen LogP contribution < -0.4 is 14.5 Å². The van der Waals surface area contributed by atoms with Crippen molar-refractivity contribution in [2.45, 2.75) is 57.1 Å². The zero-order valence-corrected chi connectivity index (χ0v) is 26.2. The molecule has 0 saturated carbocycles. The predicted octanol–water partition coefficient (Wildman–Crippen LogP) is 4.67. The van der Waals surface area contributed by atoms with Crippen LogP contribution in [0, 0.1) is 11.3 Å². The van der Waals surface area contributed by atoms with E-state index in [4.69, 9.17) is 19.4 Å². The molecular weight excluding hydrogens is 613 g/mol. The number of hydrogen-bond acceptors (Lipinski definition) is 10. The number of carbonyl (C=O) groups excluding carboxylic acids is 1. The Bertz CT molecular complexity index is 1600. The summed E-state index contributed by atoms with van der Waals surface area (Å²) in [6.45, 7) is 2.99. The van der Waals surface area contributed by atoms with Gasteiger partial charge in [-0.3, -0.25) is 4.98 Å². The molecule has 2 aromatic heterocycles. The molecule has 0 N–H and O–H groups in total. The molecule has 2 unspecified atom stereocenters. The maximum atomic E-state index is 13.9. The van der Waals surface area contributed by atoms with E-state index in [0.29, 0.717) is 50.7 Å². The summed E-state index contributed by atoms with van der Waals surface area (Å²) in [5.74, 6) is 0.621. The zero-order valence-electron chi connectivity index (χ0n) is 26.2. The highest BCUT2D eigenvalue weighted by molar-refractivity contribution is 5.69. The molecule has 11 nitrogen and oxygen atoms in total. The fourth-order valence-electron chi connectivity index (χ4n) is 6.53. The molecule has 0 aliphatic carbocycles. The largest absolute Gasteiger partial charge is 0.462 e. The molecule has 2 atom stereocenters. The van der Waals surface area contributed by atoms with Gasteiger partial charge in [-0.1, -0.05) is 30.3 Å². The molecule has 0 spiro atoms. The lowest BCUT2D eigenvalue weighted by molar-refractivity contribution is -0.137. The lowest BCUT2D eigenvalue weighted by atomic mass is 10.0. The van der Waals surface area contributed by atoms with Crippen LogP contribution in [0.15, 0.2) is 48.8 Å². The van der Waals surface area contributed by atoms with Crippen LogP contribution in [0.1, 0.15) is 41.6 Å². The van der Waals surface area contributed by atoms with Crippen molar-refractivity contribution in [3.05, 3.63) is 71.2 Å². The van der Waals surface area contributed by atoms with Crippen molar-refractivity contribution in [2.75, 3.05) is 56.2 Å². The number of likely N-dealkylation sites (N-methyl/N-ethyl adjacent to an activating group) is 1. The number of nitrogens with zero attached hydrogens (tertiary/aromatic N) is 8. The molecule has 3 aliphatic heterocycles. The smallest absolute Gasteiger partial charge is 0.419 e. The Kier molecular flexibility index (Phi) is 9.63. The number of aromatic nitrogens is 3. The van der Waals surface area contributed by atoms with E-state index in [1.54, 1.807) is 9.80 Å². The minimum Gasteiger partial charge on any atom is -0.462 e. The van der Waals surface area contributed by atoms with Gasteiger partial charge < -0.3 is 29.1 Å². The van der Waals surface area contributed by atoms with Gasteiger partial charge >= 0.3 is 18.3 Å². The summed E-state index contributed by atoms with van der Waals surface area (Å²) in [4.78, 5) is 33.9.